The highest BCUT2D eigenvalue weighted by Crippen LogP contribution is 2.33. The summed E-state index contributed by atoms with van der Waals surface area (Å²) in [4.78, 5) is 28.6. The number of hydrogen-bond acceptors (Lipinski definition) is 3. The van der Waals surface area contributed by atoms with E-state index in [2.05, 4.69) is 20.9 Å². The van der Waals surface area contributed by atoms with E-state index in [0.717, 1.165) is 28.6 Å². The van der Waals surface area contributed by atoms with E-state index in [4.69, 9.17) is 4.74 Å². The summed E-state index contributed by atoms with van der Waals surface area (Å²) < 4.78 is 46.4. The lowest BCUT2D eigenvalue weighted by molar-refractivity contribution is -0.122. The minimum atomic E-state index is -1.59. The van der Waals surface area contributed by atoms with Gasteiger partial charge in [0.2, 0.25) is 5.91 Å². The summed E-state index contributed by atoms with van der Waals surface area (Å²) in [6, 6.07) is 12.0. The molecule has 4 rings (SSSR count). The molecule has 10 heteroatoms. The van der Waals surface area contributed by atoms with Gasteiger partial charge in [-0.05, 0) is 41.5 Å². The zero-order chi connectivity index (χ0) is 25.8. The second-order valence-electron chi connectivity index (χ2n) is 7.99. The molecule has 36 heavy (non-hydrogen) atoms. The molecule has 0 aliphatic carbocycles. The smallest absolute Gasteiger partial charge is 0.319 e. The van der Waals surface area contributed by atoms with E-state index in [1.807, 2.05) is 24.3 Å². The maximum Gasteiger partial charge on any atom is 0.319 e. The monoisotopic (exact) mass is 496 g/mol. The fraction of sp³-hybridized carbons (Fsp3) is 0.154. The first-order chi connectivity index (χ1) is 17.3. The molecule has 3 aromatic carbocycles. The Bertz CT molecular complexity index is 1410. The number of urea groups is 1. The van der Waals surface area contributed by atoms with E-state index in [9.17, 15) is 22.8 Å². The summed E-state index contributed by atoms with van der Waals surface area (Å²) in [5.74, 6) is -4.38. The van der Waals surface area contributed by atoms with Gasteiger partial charge >= 0.3 is 6.03 Å². The number of hydrogen-bond donors (Lipinski definition) is 4. The number of nitrogens with one attached hydrogen (secondary N) is 4. The van der Waals surface area contributed by atoms with Crippen molar-refractivity contribution < 1.29 is 27.5 Å². The molecule has 1 aromatic heterocycles. The van der Waals surface area contributed by atoms with E-state index in [1.54, 1.807) is 6.20 Å². The van der Waals surface area contributed by atoms with Crippen LogP contribution in [0, 0.1) is 17.5 Å². The summed E-state index contributed by atoms with van der Waals surface area (Å²) in [7, 11) is 2.88. The highest BCUT2D eigenvalue weighted by atomic mass is 19.2. The number of aromatic nitrogens is 1. The van der Waals surface area contributed by atoms with Gasteiger partial charge in [-0.2, -0.15) is 0 Å². The predicted molar refractivity (Wildman–Crippen MR) is 130 cm³/mol. The molecule has 3 amide bonds. The quantitative estimate of drug-likeness (QED) is 0.279. The Labute approximate surface area is 204 Å². The maximum atomic E-state index is 13.9. The highest BCUT2D eigenvalue weighted by molar-refractivity contribution is 5.97. The number of amides is 3. The van der Waals surface area contributed by atoms with Gasteiger partial charge < -0.3 is 25.7 Å². The van der Waals surface area contributed by atoms with Gasteiger partial charge in [-0.1, -0.05) is 18.2 Å². The lowest BCUT2D eigenvalue weighted by Crippen LogP contribution is -2.48. The molecule has 4 N–H and O–H groups in total. The number of benzene rings is 3. The van der Waals surface area contributed by atoms with Gasteiger partial charge in [-0.3, -0.25) is 4.79 Å². The third-order valence-electron chi connectivity index (χ3n) is 5.74. The highest BCUT2D eigenvalue weighted by Gasteiger charge is 2.23. The second-order valence-corrected chi connectivity index (χ2v) is 7.99. The third kappa shape index (κ3) is 5.12. The van der Waals surface area contributed by atoms with E-state index >= 15 is 0 Å². The molecular formula is C26H23F3N4O3. The van der Waals surface area contributed by atoms with Crippen molar-refractivity contribution in [2.45, 2.75) is 12.5 Å². The normalized spacial score (nSPS) is 11.7. The molecule has 186 valence electrons. The number of fused-ring (bicyclic) bond motifs is 1. The van der Waals surface area contributed by atoms with Gasteiger partial charge in [0.15, 0.2) is 17.5 Å². The van der Waals surface area contributed by atoms with Gasteiger partial charge in [0.25, 0.3) is 0 Å². The number of carbonyl (C=O) groups is 2. The van der Waals surface area contributed by atoms with Crippen molar-refractivity contribution >= 4 is 28.5 Å². The average Bonchev–Trinajstić information content (AvgIpc) is 3.28. The number of para-hydroxylation sites is 1. The largest absolute Gasteiger partial charge is 0.497 e. The van der Waals surface area contributed by atoms with Crippen molar-refractivity contribution in [3.63, 3.8) is 0 Å². The Kier molecular flexibility index (Phi) is 7.14. The summed E-state index contributed by atoms with van der Waals surface area (Å²) >= 11 is 0. The van der Waals surface area contributed by atoms with Gasteiger partial charge in [-0.25, -0.2) is 18.0 Å². The number of halogens is 3. The Morgan fingerprint density at radius 2 is 1.75 bits per heavy atom. The molecule has 0 unspecified atom stereocenters. The van der Waals surface area contributed by atoms with Crippen LogP contribution in [0.1, 0.15) is 5.56 Å². The Hall–Kier alpha value is -4.47. The second kappa shape index (κ2) is 10.4. The van der Waals surface area contributed by atoms with Gasteiger partial charge in [0.05, 0.1) is 12.8 Å². The SMILES string of the molecule is CNC(=O)[C@H](Cc1c[nH]c2ccccc12)NC(=O)Nc1cc(OC)ccc1-c1cc(F)c(F)c(F)c1. The molecule has 1 heterocycles. The molecule has 0 bridgehead atoms. The van der Waals surface area contributed by atoms with E-state index in [0.29, 0.717) is 5.75 Å². The topological polar surface area (TPSA) is 95.3 Å². The zero-order valence-corrected chi connectivity index (χ0v) is 19.4. The maximum absolute atomic E-state index is 13.9. The van der Waals surface area contributed by atoms with Crippen LogP contribution in [0.3, 0.4) is 0 Å². The van der Waals surface area contributed by atoms with Crippen molar-refractivity contribution in [2.24, 2.45) is 0 Å². The van der Waals surface area contributed by atoms with Gasteiger partial charge in [0, 0.05) is 42.2 Å². The number of rotatable bonds is 7. The Morgan fingerprint density at radius 3 is 2.44 bits per heavy atom. The first-order valence-corrected chi connectivity index (χ1v) is 11.0. The fourth-order valence-corrected chi connectivity index (χ4v) is 3.94. The van der Waals surface area contributed by atoms with Crippen LogP contribution >= 0.6 is 0 Å². The van der Waals surface area contributed by atoms with Crippen LogP contribution in [-0.4, -0.2) is 37.1 Å². The molecule has 7 nitrogen and oxygen atoms in total. The van der Waals surface area contributed by atoms with Crippen molar-refractivity contribution in [2.75, 3.05) is 19.5 Å². The van der Waals surface area contributed by atoms with Crippen LogP contribution < -0.4 is 20.7 Å². The lowest BCUT2D eigenvalue weighted by Gasteiger charge is -2.19. The van der Waals surface area contributed by atoms with E-state index in [1.165, 1.54) is 32.4 Å². The molecule has 0 spiro atoms. The average molecular weight is 496 g/mol. The number of anilines is 1. The molecule has 0 saturated heterocycles. The van der Waals surface area contributed by atoms with Crippen LogP contribution in [0.4, 0.5) is 23.7 Å². The van der Waals surface area contributed by atoms with Crippen LogP contribution in [0.5, 0.6) is 5.75 Å². The number of likely N-dealkylation sites (N-methyl/N-ethyl adjacent to an activating group) is 1. The van der Waals surface area contributed by atoms with Crippen LogP contribution in [0.2, 0.25) is 0 Å². The van der Waals surface area contributed by atoms with E-state index < -0.39 is 35.4 Å². The molecule has 0 fully saturated rings. The number of H-pyrrole nitrogens is 1. The van der Waals surface area contributed by atoms with Gasteiger partial charge in [0.1, 0.15) is 11.8 Å². The van der Waals surface area contributed by atoms with Crippen molar-refractivity contribution in [3.05, 3.63) is 83.8 Å². The zero-order valence-electron chi connectivity index (χ0n) is 19.4. The van der Waals surface area contributed by atoms with Crippen LogP contribution in [0.25, 0.3) is 22.0 Å². The van der Waals surface area contributed by atoms with Crippen molar-refractivity contribution in [3.8, 4) is 16.9 Å². The van der Waals surface area contributed by atoms with Crippen LogP contribution in [0.15, 0.2) is 60.8 Å². The summed E-state index contributed by atoms with van der Waals surface area (Å²) in [6.45, 7) is 0. The first kappa shape index (κ1) is 24.6. The third-order valence-corrected chi connectivity index (χ3v) is 5.74. The summed E-state index contributed by atoms with van der Waals surface area (Å²) in [6.07, 6.45) is 1.98. The Balaban J connectivity index is 1.60. The summed E-state index contributed by atoms with van der Waals surface area (Å²) in [5.41, 5.74) is 2.09. The first-order valence-electron chi connectivity index (χ1n) is 11.0. The molecule has 0 radical (unpaired) electrons. The number of methoxy groups -OCH3 is 1. The Morgan fingerprint density at radius 1 is 1.03 bits per heavy atom. The molecular weight excluding hydrogens is 473 g/mol. The lowest BCUT2D eigenvalue weighted by atomic mass is 10.0. The fourth-order valence-electron chi connectivity index (χ4n) is 3.94. The number of aromatic amines is 1. The van der Waals surface area contributed by atoms with Gasteiger partial charge in [-0.15, -0.1) is 0 Å². The molecule has 0 aliphatic heterocycles. The summed E-state index contributed by atoms with van der Waals surface area (Å²) in [5, 5.41) is 8.71. The number of carbonyl (C=O) groups excluding carboxylic acids is 2. The molecule has 0 aliphatic rings. The predicted octanol–water partition coefficient (Wildman–Crippen LogP) is 4.74. The molecule has 1 atom stereocenters. The molecule has 4 aromatic rings. The standard InChI is InChI=1S/C26H23F3N4O3/c1-30-25(34)23(11-15-13-31-21-6-4-3-5-17(15)21)33-26(35)32-22-12-16(36-2)7-8-18(22)14-9-19(27)24(29)20(28)10-14/h3-10,12-13,23,31H,11H2,1-2H3,(H,30,34)(H2,32,33,35)/t23-/m0/s1. The van der Waals surface area contributed by atoms with Crippen LogP contribution in [-0.2, 0) is 11.2 Å². The van der Waals surface area contributed by atoms with Crippen molar-refractivity contribution in [1.82, 2.24) is 15.6 Å². The van der Waals surface area contributed by atoms with E-state index in [-0.39, 0.29) is 23.2 Å². The van der Waals surface area contributed by atoms with Crippen molar-refractivity contribution in [1.29, 1.82) is 0 Å². The minimum absolute atomic E-state index is 0.00555. The number of ether oxygens (including phenoxy) is 1. The minimum Gasteiger partial charge on any atom is -0.497 e. The molecule has 0 saturated carbocycles.